The van der Waals surface area contributed by atoms with Gasteiger partial charge in [-0.15, -0.1) is 0 Å². The van der Waals surface area contributed by atoms with Gasteiger partial charge in [0.2, 0.25) is 0 Å². The molecular formula is C6H15N2NaPt. The number of nitrogens with two attached hydrogens (primary N) is 2. The van der Waals surface area contributed by atoms with Gasteiger partial charge in [-0.05, 0) is 12.8 Å². The molecule has 1 aliphatic rings. The van der Waals surface area contributed by atoms with Gasteiger partial charge >= 0.3 is 29.6 Å². The standard InChI is InChI=1S/C6H14N2.Na.Pt.H/c7-5-3-1-2-4-6(5)8;;;/h5-6H,1-4,7-8H2;;;. The van der Waals surface area contributed by atoms with Crippen molar-refractivity contribution in [2.24, 2.45) is 11.5 Å². The Morgan fingerprint density at radius 3 is 1.40 bits per heavy atom. The molecule has 0 bridgehead atoms. The number of hydrogen-bond donors (Lipinski definition) is 2. The molecule has 2 nitrogen and oxygen atoms in total. The minimum atomic E-state index is 0. The molecule has 0 aromatic carbocycles. The average Bonchev–Trinajstić information content (AvgIpc) is 1.77. The molecule has 2 atom stereocenters. The summed E-state index contributed by atoms with van der Waals surface area (Å²) < 4.78 is 0. The largest absolute Gasteiger partial charge is 0 e. The van der Waals surface area contributed by atoms with Gasteiger partial charge in [-0.2, -0.15) is 0 Å². The maximum atomic E-state index is 5.65. The molecule has 0 aromatic heterocycles. The van der Waals surface area contributed by atoms with Crippen LogP contribution < -0.4 is 11.5 Å². The molecule has 2 unspecified atom stereocenters. The van der Waals surface area contributed by atoms with Gasteiger partial charge in [-0.1, -0.05) is 12.8 Å². The second kappa shape index (κ2) is 7.27. The summed E-state index contributed by atoms with van der Waals surface area (Å²) in [6.07, 6.45) is 4.80. The first-order chi connectivity index (χ1) is 3.80. The molecule has 0 aromatic rings. The van der Waals surface area contributed by atoms with Crippen molar-refractivity contribution in [2.45, 2.75) is 37.8 Å². The van der Waals surface area contributed by atoms with Crippen molar-refractivity contribution in [3.8, 4) is 0 Å². The van der Waals surface area contributed by atoms with Gasteiger partial charge in [-0.3, -0.25) is 0 Å². The summed E-state index contributed by atoms with van der Waals surface area (Å²) in [5.74, 6) is 0. The van der Waals surface area contributed by atoms with Crippen molar-refractivity contribution in [3.05, 3.63) is 0 Å². The predicted octanol–water partition coefficient (Wildman–Crippen LogP) is -0.436. The van der Waals surface area contributed by atoms with Crippen molar-refractivity contribution < 1.29 is 21.1 Å². The van der Waals surface area contributed by atoms with Crippen molar-refractivity contribution in [2.75, 3.05) is 0 Å². The molecule has 0 aliphatic heterocycles. The molecule has 60 valence electrons. The van der Waals surface area contributed by atoms with E-state index in [4.69, 9.17) is 11.5 Å². The predicted molar refractivity (Wildman–Crippen MR) is 41.6 cm³/mol. The van der Waals surface area contributed by atoms with Crippen LogP contribution in [0.5, 0.6) is 0 Å². The Hall–Kier alpha value is 1.61. The van der Waals surface area contributed by atoms with Gasteiger partial charge in [0, 0.05) is 33.1 Å². The smallest absolute Gasteiger partial charge is 0 e. The molecule has 4 N–H and O–H groups in total. The zero-order valence-electron chi connectivity index (χ0n) is 5.45. The first-order valence-corrected chi connectivity index (χ1v) is 3.32. The van der Waals surface area contributed by atoms with Crippen molar-refractivity contribution in [1.82, 2.24) is 0 Å². The summed E-state index contributed by atoms with van der Waals surface area (Å²) in [4.78, 5) is 0. The van der Waals surface area contributed by atoms with Crippen molar-refractivity contribution >= 4 is 29.6 Å². The third kappa shape index (κ3) is 4.48. The third-order valence-corrected chi connectivity index (χ3v) is 1.87. The van der Waals surface area contributed by atoms with Crippen molar-refractivity contribution in [3.63, 3.8) is 0 Å². The second-order valence-corrected chi connectivity index (χ2v) is 2.61. The van der Waals surface area contributed by atoms with Gasteiger partial charge in [0.05, 0.1) is 0 Å². The van der Waals surface area contributed by atoms with Gasteiger partial charge in [0.15, 0.2) is 0 Å². The minimum Gasteiger partial charge on any atom is 0 e. The molecule has 1 rings (SSSR count). The molecule has 0 spiro atoms. The summed E-state index contributed by atoms with van der Waals surface area (Å²) >= 11 is 0. The van der Waals surface area contributed by atoms with E-state index in [1.165, 1.54) is 12.8 Å². The van der Waals surface area contributed by atoms with E-state index >= 15 is 0 Å². The Balaban J connectivity index is 0. The van der Waals surface area contributed by atoms with Crippen LogP contribution >= 0.6 is 0 Å². The SMILES string of the molecule is NC1CCCCC1N.[NaH].[Pt]. The van der Waals surface area contributed by atoms with E-state index in [-0.39, 0.29) is 62.7 Å². The minimum absolute atomic E-state index is 0. The van der Waals surface area contributed by atoms with Crippen LogP contribution in [0.2, 0.25) is 0 Å². The molecular weight excluding hydrogens is 318 g/mol. The monoisotopic (exact) mass is 333 g/mol. The van der Waals surface area contributed by atoms with Gasteiger partial charge in [0.1, 0.15) is 0 Å². The van der Waals surface area contributed by atoms with Gasteiger partial charge < -0.3 is 11.5 Å². The fourth-order valence-corrected chi connectivity index (χ4v) is 1.19. The Bertz CT molecular complexity index is 72.1. The fourth-order valence-electron chi connectivity index (χ4n) is 1.19. The van der Waals surface area contributed by atoms with Crippen LogP contribution in [-0.2, 0) is 21.1 Å². The van der Waals surface area contributed by atoms with Crippen LogP contribution in [0.1, 0.15) is 25.7 Å². The fraction of sp³-hybridized carbons (Fsp3) is 1.00. The summed E-state index contributed by atoms with van der Waals surface area (Å²) in [6, 6.07) is 0.562. The number of rotatable bonds is 0. The van der Waals surface area contributed by atoms with Crippen LogP contribution in [0.4, 0.5) is 0 Å². The topological polar surface area (TPSA) is 52.0 Å². The maximum absolute atomic E-state index is 5.65. The van der Waals surface area contributed by atoms with Crippen LogP contribution in [-0.4, -0.2) is 41.6 Å². The molecule has 1 saturated carbocycles. The van der Waals surface area contributed by atoms with Gasteiger partial charge in [-0.25, -0.2) is 0 Å². The molecule has 1 fully saturated rings. The first kappa shape index (κ1) is 14.2. The Morgan fingerprint density at radius 1 is 0.900 bits per heavy atom. The quantitative estimate of drug-likeness (QED) is 0.591. The van der Waals surface area contributed by atoms with Crippen LogP contribution in [0.3, 0.4) is 0 Å². The summed E-state index contributed by atoms with van der Waals surface area (Å²) in [6.45, 7) is 0. The zero-order valence-corrected chi connectivity index (χ0v) is 7.73. The average molecular weight is 333 g/mol. The van der Waals surface area contributed by atoms with E-state index in [1.54, 1.807) is 0 Å². The summed E-state index contributed by atoms with van der Waals surface area (Å²) in [5, 5.41) is 0. The van der Waals surface area contributed by atoms with E-state index in [0.29, 0.717) is 0 Å². The summed E-state index contributed by atoms with van der Waals surface area (Å²) in [5.41, 5.74) is 11.3. The number of hydrogen-bond acceptors (Lipinski definition) is 2. The van der Waals surface area contributed by atoms with E-state index < -0.39 is 0 Å². The van der Waals surface area contributed by atoms with E-state index in [2.05, 4.69) is 0 Å². The van der Waals surface area contributed by atoms with E-state index in [0.717, 1.165) is 12.8 Å². The van der Waals surface area contributed by atoms with Crippen molar-refractivity contribution in [1.29, 1.82) is 0 Å². The van der Waals surface area contributed by atoms with Crippen LogP contribution in [0, 0.1) is 0 Å². The molecule has 0 radical (unpaired) electrons. The zero-order chi connectivity index (χ0) is 5.98. The molecule has 0 saturated heterocycles. The Labute approximate surface area is 99.0 Å². The van der Waals surface area contributed by atoms with E-state index in [9.17, 15) is 0 Å². The van der Waals surface area contributed by atoms with Crippen LogP contribution in [0.15, 0.2) is 0 Å². The molecule has 4 heteroatoms. The maximum Gasteiger partial charge on any atom is 0 e. The molecule has 10 heavy (non-hydrogen) atoms. The Kier molecular flexibility index (Phi) is 10.3. The first-order valence-electron chi connectivity index (χ1n) is 3.32. The normalized spacial score (nSPS) is 31.8. The summed E-state index contributed by atoms with van der Waals surface area (Å²) in [7, 11) is 0. The molecule has 0 heterocycles. The second-order valence-electron chi connectivity index (χ2n) is 2.61. The Morgan fingerprint density at radius 2 is 1.20 bits per heavy atom. The third-order valence-electron chi connectivity index (χ3n) is 1.87. The van der Waals surface area contributed by atoms with E-state index in [1.807, 2.05) is 0 Å². The molecule has 1 aliphatic carbocycles. The van der Waals surface area contributed by atoms with Gasteiger partial charge in [0.25, 0.3) is 0 Å². The van der Waals surface area contributed by atoms with Crippen LogP contribution in [0.25, 0.3) is 0 Å². The molecule has 0 amide bonds.